The number of amides is 1. The van der Waals surface area contributed by atoms with E-state index in [4.69, 9.17) is 9.47 Å². The number of aryl methyl sites for hydroxylation is 1. The van der Waals surface area contributed by atoms with Gasteiger partial charge in [-0.1, -0.05) is 18.2 Å². The first-order chi connectivity index (χ1) is 17.7. The summed E-state index contributed by atoms with van der Waals surface area (Å²) in [6, 6.07) is 15.3. The highest BCUT2D eigenvalue weighted by Crippen LogP contribution is 2.24. The van der Waals surface area contributed by atoms with Crippen molar-refractivity contribution in [3.8, 4) is 5.75 Å². The number of sulfonamides is 1. The number of para-hydroxylation sites is 1. The second-order valence-electron chi connectivity index (χ2n) is 9.04. The van der Waals surface area contributed by atoms with E-state index in [0.29, 0.717) is 25.3 Å². The summed E-state index contributed by atoms with van der Waals surface area (Å²) in [5.41, 5.74) is 2.77. The molecule has 1 aliphatic rings. The number of fused-ring (bicyclic) bond motifs is 1. The van der Waals surface area contributed by atoms with Crippen LogP contribution in [0.2, 0.25) is 0 Å². The zero-order valence-electron chi connectivity index (χ0n) is 21.1. The molecule has 1 N–H and O–H groups in total. The largest absolute Gasteiger partial charge is 0.489 e. The van der Waals surface area contributed by atoms with Crippen molar-refractivity contribution in [2.45, 2.75) is 44.7 Å². The number of pyridine rings is 1. The number of hydrogen-bond donors (Lipinski definition) is 1. The van der Waals surface area contributed by atoms with Crippen LogP contribution in [0.25, 0.3) is 10.9 Å². The molecule has 2 unspecified atom stereocenters. The molecule has 0 radical (unpaired) electrons. The number of esters is 1. The predicted molar refractivity (Wildman–Crippen MR) is 138 cm³/mol. The van der Waals surface area contributed by atoms with E-state index in [-0.39, 0.29) is 24.0 Å². The smallest absolute Gasteiger partial charge is 0.312 e. The Balaban J connectivity index is 1.45. The van der Waals surface area contributed by atoms with Gasteiger partial charge in [-0.15, -0.1) is 0 Å². The quantitative estimate of drug-likeness (QED) is 0.449. The summed E-state index contributed by atoms with van der Waals surface area (Å²) in [6.45, 7) is 5.99. The Hall–Kier alpha value is -3.50. The van der Waals surface area contributed by atoms with Crippen LogP contribution >= 0.6 is 0 Å². The molecule has 0 spiro atoms. The molecule has 1 fully saturated rings. The number of hydrogen-bond acceptors (Lipinski definition) is 7. The number of ether oxygens (including phenoxy) is 2. The third-order valence-corrected chi connectivity index (χ3v) is 7.92. The van der Waals surface area contributed by atoms with E-state index in [9.17, 15) is 18.0 Å². The molecule has 0 aliphatic carbocycles. The number of nitrogens with zero attached hydrogens (tertiary/aromatic N) is 2. The van der Waals surface area contributed by atoms with Crippen molar-refractivity contribution < 1.29 is 27.5 Å². The molecule has 10 heteroatoms. The van der Waals surface area contributed by atoms with Gasteiger partial charge in [-0.05, 0) is 56.7 Å². The van der Waals surface area contributed by atoms with Gasteiger partial charge in [-0.2, -0.15) is 0 Å². The molecule has 4 rings (SSSR count). The molecule has 2 aromatic carbocycles. The number of aromatic nitrogens is 1. The van der Waals surface area contributed by atoms with E-state index in [2.05, 4.69) is 9.71 Å². The maximum Gasteiger partial charge on any atom is 0.312 e. The van der Waals surface area contributed by atoms with Crippen LogP contribution in [0.15, 0.2) is 59.5 Å². The van der Waals surface area contributed by atoms with Gasteiger partial charge >= 0.3 is 5.97 Å². The van der Waals surface area contributed by atoms with Gasteiger partial charge in [0.05, 0.1) is 22.9 Å². The lowest BCUT2D eigenvalue weighted by atomic mass is 9.93. The highest BCUT2D eigenvalue weighted by molar-refractivity contribution is 7.89. The number of piperidine rings is 1. The lowest BCUT2D eigenvalue weighted by Gasteiger charge is -2.36. The number of carbonyl (C=O) groups is 2. The second kappa shape index (κ2) is 11.3. The minimum Gasteiger partial charge on any atom is -0.489 e. The van der Waals surface area contributed by atoms with Crippen LogP contribution in [0.4, 0.5) is 0 Å². The van der Waals surface area contributed by atoms with Gasteiger partial charge < -0.3 is 14.4 Å². The second-order valence-corrected chi connectivity index (χ2v) is 10.8. The standard InChI is InChI=1S/C27H31N3O6S/c1-4-35-27(32)24-16-30(19(3)31)14-13-26(24)29-37(33,34)22-11-9-21(10-12-22)36-17-20-15-18(2)28-25-8-6-5-7-23(20)25/h5-12,15,24,26,29H,4,13-14,16-17H2,1-3H3. The zero-order chi connectivity index (χ0) is 26.6. The van der Waals surface area contributed by atoms with Crippen LogP contribution in [-0.4, -0.2) is 55.9 Å². The monoisotopic (exact) mass is 525 g/mol. The van der Waals surface area contributed by atoms with E-state index in [1.165, 1.54) is 24.0 Å². The van der Waals surface area contributed by atoms with Crippen molar-refractivity contribution in [2.75, 3.05) is 19.7 Å². The summed E-state index contributed by atoms with van der Waals surface area (Å²) in [4.78, 5) is 30.5. The van der Waals surface area contributed by atoms with Gasteiger partial charge in [0, 0.05) is 42.7 Å². The van der Waals surface area contributed by atoms with Gasteiger partial charge in [0.15, 0.2) is 0 Å². The Labute approximate surface area is 216 Å². The van der Waals surface area contributed by atoms with Crippen molar-refractivity contribution in [3.05, 3.63) is 65.9 Å². The Bertz CT molecular complexity index is 1390. The van der Waals surface area contributed by atoms with E-state index in [1.54, 1.807) is 19.1 Å². The van der Waals surface area contributed by atoms with Crippen LogP contribution < -0.4 is 9.46 Å². The maximum absolute atomic E-state index is 13.1. The normalized spacial score (nSPS) is 18.0. The van der Waals surface area contributed by atoms with E-state index >= 15 is 0 Å². The summed E-state index contributed by atoms with van der Waals surface area (Å²) >= 11 is 0. The summed E-state index contributed by atoms with van der Waals surface area (Å²) in [7, 11) is -3.92. The number of nitrogens with one attached hydrogen (secondary N) is 1. The van der Waals surface area contributed by atoms with Gasteiger partial charge in [0.1, 0.15) is 12.4 Å². The first-order valence-electron chi connectivity index (χ1n) is 12.2. The Morgan fingerprint density at radius 3 is 2.57 bits per heavy atom. The lowest BCUT2D eigenvalue weighted by molar-refractivity contribution is -0.152. The molecule has 1 amide bonds. The Morgan fingerprint density at radius 1 is 1.14 bits per heavy atom. The van der Waals surface area contributed by atoms with Crippen LogP contribution in [0.5, 0.6) is 5.75 Å². The first-order valence-corrected chi connectivity index (χ1v) is 13.7. The Kier molecular flexibility index (Phi) is 8.09. The molecule has 1 aliphatic heterocycles. The van der Waals surface area contributed by atoms with E-state index < -0.39 is 28.0 Å². The molecule has 3 aromatic rings. The van der Waals surface area contributed by atoms with Gasteiger partial charge in [-0.25, -0.2) is 13.1 Å². The van der Waals surface area contributed by atoms with E-state index in [0.717, 1.165) is 22.2 Å². The highest BCUT2D eigenvalue weighted by atomic mass is 32.2. The van der Waals surface area contributed by atoms with Crippen LogP contribution in [-0.2, 0) is 31.0 Å². The van der Waals surface area contributed by atoms with Crippen molar-refractivity contribution >= 4 is 32.8 Å². The fraction of sp³-hybridized carbons (Fsp3) is 0.370. The lowest BCUT2D eigenvalue weighted by Crippen LogP contribution is -2.54. The van der Waals surface area contributed by atoms with Gasteiger partial charge in [0.25, 0.3) is 0 Å². The molecule has 0 saturated carbocycles. The summed E-state index contributed by atoms with van der Waals surface area (Å²) in [5, 5.41) is 1.00. The highest BCUT2D eigenvalue weighted by Gasteiger charge is 2.38. The fourth-order valence-corrected chi connectivity index (χ4v) is 5.84. The topological polar surface area (TPSA) is 115 Å². The molecular weight excluding hydrogens is 494 g/mol. The van der Waals surface area contributed by atoms with Crippen LogP contribution in [0, 0.1) is 12.8 Å². The molecule has 196 valence electrons. The van der Waals surface area contributed by atoms with Gasteiger partial charge in [-0.3, -0.25) is 14.6 Å². The third-order valence-electron chi connectivity index (χ3n) is 6.41. The number of rotatable bonds is 8. The molecule has 1 saturated heterocycles. The minimum atomic E-state index is -3.92. The minimum absolute atomic E-state index is 0.0571. The predicted octanol–water partition coefficient (Wildman–Crippen LogP) is 3.20. The average molecular weight is 526 g/mol. The summed E-state index contributed by atoms with van der Waals surface area (Å²) in [6.07, 6.45) is 0.308. The zero-order valence-corrected chi connectivity index (χ0v) is 22.0. The molecule has 2 heterocycles. The van der Waals surface area contributed by atoms with Gasteiger partial charge in [0.2, 0.25) is 15.9 Å². The Morgan fingerprint density at radius 2 is 1.86 bits per heavy atom. The molecule has 37 heavy (non-hydrogen) atoms. The molecule has 2 atom stereocenters. The molecule has 9 nitrogen and oxygen atoms in total. The SMILES string of the molecule is CCOC(=O)C1CN(C(C)=O)CCC1NS(=O)(=O)c1ccc(OCc2cc(C)nc3ccccc23)cc1. The first kappa shape index (κ1) is 26.6. The van der Waals surface area contributed by atoms with Crippen molar-refractivity contribution in [2.24, 2.45) is 5.92 Å². The average Bonchev–Trinajstić information content (AvgIpc) is 2.87. The van der Waals surface area contributed by atoms with Crippen LogP contribution in [0.3, 0.4) is 0 Å². The number of benzene rings is 2. The summed E-state index contributed by atoms with van der Waals surface area (Å²) in [5.74, 6) is -0.949. The molecular formula is C27H31N3O6S. The van der Waals surface area contributed by atoms with Crippen molar-refractivity contribution in [1.29, 1.82) is 0 Å². The maximum atomic E-state index is 13.1. The summed E-state index contributed by atoms with van der Waals surface area (Å²) < 4.78 is 40.0. The van der Waals surface area contributed by atoms with Crippen molar-refractivity contribution in [1.82, 2.24) is 14.6 Å². The third kappa shape index (κ3) is 6.26. The van der Waals surface area contributed by atoms with Crippen molar-refractivity contribution in [3.63, 3.8) is 0 Å². The van der Waals surface area contributed by atoms with E-state index in [1.807, 2.05) is 37.3 Å². The van der Waals surface area contributed by atoms with Crippen LogP contribution in [0.1, 0.15) is 31.5 Å². The fourth-order valence-electron chi connectivity index (χ4n) is 4.52. The number of carbonyl (C=O) groups excluding carboxylic acids is 2. The molecule has 1 aromatic heterocycles. The number of likely N-dealkylation sites (tertiary alicyclic amines) is 1. The molecule has 0 bridgehead atoms.